The van der Waals surface area contributed by atoms with E-state index in [-0.39, 0.29) is 23.0 Å². The number of nitrogens with one attached hydrogen (secondary N) is 1. The molecule has 1 aromatic carbocycles. The van der Waals surface area contributed by atoms with Crippen LogP contribution in [0, 0.1) is 29.8 Å². The average Bonchev–Trinajstić information content (AvgIpc) is 2.35. The Morgan fingerprint density at radius 3 is 2.50 bits per heavy atom. The standard InChI is InChI=1S/C13H13FN4O2/c1-7-4-9(6-10(14)5-7)11-12(18(19)20)8(2)16-13(15-3)17-11/h4-6H,1-3H3,(H,15,16,17). The highest BCUT2D eigenvalue weighted by molar-refractivity contribution is 5.72. The lowest BCUT2D eigenvalue weighted by Gasteiger charge is -2.08. The minimum atomic E-state index is -0.551. The Hall–Kier alpha value is -2.57. The summed E-state index contributed by atoms with van der Waals surface area (Å²) in [6, 6.07) is 4.22. The summed E-state index contributed by atoms with van der Waals surface area (Å²) in [5.74, 6) is -0.207. The molecule has 7 heteroatoms. The fourth-order valence-corrected chi connectivity index (χ4v) is 1.97. The van der Waals surface area contributed by atoms with Crippen LogP contribution < -0.4 is 5.32 Å². The molecule has 0 spiro atoms. The van der Waals surface area contributed by atoms with E-state index in [1.807, 2.05) is 0 Å². The number of anilines is 1. The van der Waals surface area contributed by atoms with Gasteiger partial charge in [0.05, 0.1) is 4.92 Å². The van der Waals surface area contributed by atoms with Crippen molar-refractivity contribution in [1.29, 1.82) is 0 Å². The number of aromatic nitrogens is 2. The van der Waals surface area contributed by atoms with Crippen LogP contribution in [0.4, 0.5) is 16.0 Å². The van der Waals surface area contributed by atoms with Crippen LogP contribution in [0.15, 0.2) is 18.2 Å². The van der Waals surface area contributed by atoms with E-state index >= 15 is 0 Å². The summed E-state index contributed by atoms with van der Waals surface area (Å²) in [6.07, 6.45) is 0. The molecule has 1 heterocycles. The Balaban J connectivity index is 2.76. The molecular weight excluding hydrogens is 263 g/mol. The molecule has 2 rings (SSSR count). The van der Waals surface area contributed by atoms with E-state index in [1.54, 1.807) is 20.0 Å². The zero-order valence-electron chi connectivity index (χ0n) is 11.3. The number of nitro groups is 1. The summed E-state index contributed by atoms with van der Waals surface area (Å²) in [7, 11) is 1.61. The highest BCUT2D eigenvalue weighted by Crippen LogP contribution is 2.32. The monoisotopic (exact) mass is 276 g/mol. The second-order valence-electron chi connectivity index (χ2n) is 4.35. The maximum absolute atomic E-state index is 13.5. The van der Waals surface area contributed by atoms with Gasteiger partial charge < -0.3 is 5.32 Å². The van der Waals surface area contributed by atoms with Gasteiger partial charge in [0.2, 0.25) is 5.95 Å². The number of aryl methyl sites for hydroxylation is 2. The Morgan fingerprint density at radius 2 is 1.95 bits per heavy atom. The first kappa shape index (κ1) is 13.9. The number of hydrogen-bond donors (Lipinski definition) is 1. The molecule has 1 aromatic heterocycles. The topological polar surface area (TPSA) is 81.0 Å². The molecule has 0 bridgehead atoms. The SMILES string of the molecule is CNc1nc(C)c([N+](=O)[O-])c(-c2cc(C)cc(F)c2)n1. The molecule has 0 aliphatic rings. The largest absolute Gasteiger partial charge is 0.357 e. The van der Waals surface area contributed by atoms with Gasteiger partial charge >= 0.3 is 5.69 Å². The van der Waals surface area contributed by atoms with E-state index in [1.165, 1.54) is 19.1 Å². The van der Waals surface area contributed by atoms with Crippen molar-refractivity contribution in [2.24, 2.45) is 0 Å². The predicted octanol–water partition coefficient (Wildman–Crippen LogP) is 2.85. The predicted molar refractivity (Wildman–Crippen MR) is 73.1 cm³/mol. The lowest BCUT2D eigenvalue weighted by atomic mass is 10.1. The summed E-state index contributed by atoms with van der Waals surface area (Å²) in [6.45, 7) is 3.24. The van der Waals surface area contributed by atoms with Crippen LogP contribution in [0.5, 0.6) is 0 Å². The second kappa shape index (κ2) is 5.20. The third-order valence-electron chi connectivity index (χ3n) is 2.78. The van der Waals surface area contributed by atoms with Crippen LogP contribution in [-0.2, 0) is 0 Å². The van der Waals surface area contributed by atoms with Gasteiger partial charge in [-0.1, -0.05) is 0 Å². The first-order chi connectivity index (χ1) is 9.42. The fraction of sp³-hybridized carbons (Fsp3) is 0.231. The third kappa shape index (κ3) is 2.56. The maximum atomic E-state index is 13.5. The Kier molecular flexibility index (Phi) is 3.60. The van der Waals surface area contributed by atoms with Gasteiger partial charge in [0.15, 0.2) is 5.69 Å². The lowest BCUT2D eigenvalue weighted by Crippen LogP contribution is -2.05. The van der Waals surface area contributed by atoms with E-state index in [9.17, 15) is 14.5 Å². The molecule has 1 N–H and O–H groups in total. The van der Waals surface area contributed by atoms with Crippen LogP contribution in [0.3, 0.4) is 0 Å². The lowest BCUT2D eigenvalue weighted by molar-refractivity contribution is -0.385. The minimum absolute atomic E-state index is 0.106. The van der Waals surface area contributed by atoms with E-state index in [0.717, 1.165) is 0 Å². The molecule has 20 heavy (non-hydrogen) atoms. The zero-order valence-corrected chi connectivity index (χ0v) is 11.3. The number of benzene rings is 1. The first-order valence-electron chi connectivity index (χ1n) is 5.90. The average molecular weight is 276 g/mol. The van der Waals surface area contributed by atoms with Crippen molar-refractivity contribution >= 4 is 11.6 Å². The molecule has 6 nitrogen and oxygen atoms in total. The molecule has 0 radical (unpaired) electrons. The smallest absolute Gasteiger partial charge is 0.316 e. The molecule has 0 saturated carbocycles. The molecule has 0 saturated heterocycles. The maximum Gasteiger partial charge on any atom is 0.316 e. The van der Waals surface area contributed by atoms with Gasteiger partial charge in [0.25, 0.3) is 0 Å². The normalized spacial score (nSPS) is 10.4. The van der Waals surface area contributed by atoms with Gasteiger partial charge in [-0.25, -0.2) is 14.4 Å². The molecule has 0 atom stereocenters. The summed E-state index contributed by atoms with van der Waals surface area (Å²) >= 11 is 0. The van der Waals surface area contributed by atoms with Gasteiger partial charge in [0.1, 0.15) is 11.5 Å². The van der Waals surface area contributed by atoms with Crippen molar-refractivity contribution in [2.75, 3.05) is 12.4 Å². The van der Waals surface area contributed by atoms with Crippen LogP contribution in [0.2, 0.25) is 0 Å². The van der Waals surface area contributed by atoms with Crippen molar-refractivity contribution in [3.63, 3.8) is 0 Å². The molecule has 0 unspecified atom stereocenters. The van der Waals surface area contributed by atoms with Crippen LogP contribution >= 0.6 is 0 Å². The highest BCUT2D eigenvalue weighted by atomic mass is 19.1. The molecule has 0 aliphatic heterocycles. The van der Waals surface area contributed by atoms with E-state index in [2.05, 4.69) is 15.3 Å². The number of halogens is 1. The number of nitrogens with zero attached hydrogens (tertiary/aromatic N) is 3. The number of hydrogen-bond acceptors (Lipinski definition) is 5. The highest BCUT2D eigenvalue weighted by Gasteiger charge is 2.23. The Bertz CT molecular complexity index is 668. The summed E-state index contributed by atoms with van der Waals surface area (Å²) in [5, 5.41) is 13.9. The fourth-order valence-electron chi connectivity index (χ4n) is 1.97. The third-order valence-corrected chi connectivity index (χ3v) is 2.78. The minimum Gasteiger partial charge on any atom is -0.357 e. The van der Waals surface area contributed by atoms with Crippen molar-refractivity contribution in [3.8, 4) is 11.3 Å². The van der Waals surface area contributed by atoms with Crippen molar-refractivity contribution < 1.29 is 9.31 Å². The molecule has 0 aliphatic carbocycles. The van der Waals surface area contributed by atoms with Gasteiger partial charge in [-0.15, -0.1) is 0 Å². The van der Waals surface area contributed by atoms with Crippen LogP contribution in [0.25, 0.3) is 11.3 Å². The van der Waals surface area contributed by atoms with Crippen molar-refractivity contribution in [3.05, 3.63) is 45.4 Å². The summed E-state index contributed by atoms with van der Waals surface area (Å²) in [5.41, 5.74) is 1.14. The Morgan fingerprint density at radius 1 is 1.25 bits per heavy atom. The number of rotatable bonds is 3. The van der Waals surface area contributed by atoms with Gasteiger partial charge in [-0.05, 0) is 37.6 Å². The van der Waals surface area contributed by atoms with E-state index in [0.29, 0.717) is 11.1 Å². The van der Waals surface area contributed by atoms with Crippen molar-refractivity contribution in [1.82, 2.24) is 9.97 Å². The first-order valence-corrected chi connectivity index (χ1v) is 5.90. The van der Waals surface area contributed by atoms with Gasteiger partial charge in [0, 0.05) is 12.6 Å². The van der Waals surface area contributed by atoms with Crippen molar-refractivity contribution in [2.45, 2.75) is 13.8 Å². The molecule has 2 aromatic rings. The van der Waals surface area contributed by atoms with Crippen LogP contribution in [0.1, 0.15) is 11.3 Å². The van der Waals surface area contributed by atoms with E-state index in [4.69, 9.17) is 0 Å². The zero-order chi connectivity index (χ0) is 14.9. The van der Waals surface area contributed by atoms with Gasteiger partial charge in [-0.2, -0.15) is 0 Å². The molecule has 104 valence electrons. The quantitative estimate of drug-likeness (QED) is 0.688. The molecule has 0 amide bonds. The molecule has 0 fully saturated rings. The van der Waals surface area contributed by atoms with Gasteiger partial charge in [-0.3, -0.25) is 10.1 Å². The van der Waals surface area contributed by atoms with Crippen LogP contribution in [-0.4, -0.2) is 21.9 Å². The summed E-state index contributed by atoms with van der Waals surface area (Å²) in [4.78, 5) is 18.7. The summed E-state index contributed by atoms with van der Waals surface area (Å²) < 4.78 is 13.5. The van der Waals surface area contributed by atoms with E-state index < -0.39 is 10.7 Å². The Labute approximate surface area is 114 Å². The molecular formula is C13H13FN4O2. The second-order valence-corrected chi connectivity index (χ2v) is 4.35.